The Morgan fingerprint density at radius 1 is 1.06 bits per heavy atom. The molecule has 0 bridgehead atoms. The number of aromatic nitrogens is 2. The van der Waals surface area contributed by atoms with Crippen LogP contribution in [0.25, 0.3) is 11.3 Å². The highest BCUT2D eigenvalue weighted by Gasteiger charge is 2.17. The van der Waals surface area contributed by atoms with Crippen molar-refractivity contribution in [2.24, 2.45) is 0 Å². The van der Waals surface area contributed by atoms with Gasteiger partial charge in [-0.05, 0) is 43.8 Å². The summed E-state index contributed by atoms with van der Waals surface area (Å²) in [6.45, 7) is 2.01. The molecule has 2 aromatic carbocycles. The van der Waals surface area contributed by atoms with E-state index < -0.39 is 10.0 Å². The highest BCUT2D eigenvalue weighted by molar-refractivity contribution is 7.89. The fourth-order valence-corrected chi connectivity index (χ4v) is 4.08. The van der Waals surface area contributed by atoms with Gasteiger partial charge in [-0.25, -0.2) is 18.1 Å². The van der Waals surface area contributed by atoms with Crippen LogP contribution in [0, 0.1) is 17.7 Å². The van der Waals surface area contributed by atoms with E-state index in [0.717, 1.165) is 5.56 Å². The van der Waals surface area contributed by atoms with Gasteiger partial charge < -0.3 is 15.2 Å². The van der Waals surface area contributed by atoms with Crippen LogP contribution in [0.15, 0.2) is 59.6 Å². The van der Waals surface area contributed by atoms with E-state index in [4.69, 9.17) is 20.7 Å². The van der Waals surface area contributed by atoms with Crippen molar-refractivity contribution in [3.8, 4) is 11.3 Å². The summed E-state index contributed by atoms with van der Waals surface area (Å²) >= 11 is 0. The van der Waals surface area contributed by atoms with Gasteiger partial charge in [0.05, 0.1) is 29.1 Å². The summed E-state index contributed by atoms with van der Waals surface area (Å²) in [6, 6.07) is 13.3. The average molecular weight is 483 g/mol. The minimum Gasteiger partial charge on any atom is -0.419 e. The van der Waals surface area contributed by atoms with Gasteiger partial charge in [0.15, 0.2) is 0 Å². The number of aliphatic hydroxyl groups excluding tert-OH is 1. The van der Waals surface area contributed by atoms with E-state index in [1.807, 2.05) is 19.2 Å². The third-order valence-corrected chi connectivity index (χ3v) is 6.31. The minimum absolute atomic E-state index is 0.0512. The molecule has 11 heteroatoms. The smallest absolute Gasteiger partial charge is 0.241 e. The first-order chi connectivity index (χ1) is 16.2. The van der Waals surface area contributed by atoms with Gasteiger partial charge in [-0.15, -0.1) is 0 Å². The number of nitrogens with one attached hydrogen (secondary N) is 4. The Hall–Kier alpha value is -3.51. The number of benzene rings is 2. The van der Waals surface area contributed by atoms with Crippen molar-refractivity contribution in [1.29, 1.82) is 10.8 Å². The molecule has 0 aliphatic rings. The van der Waals surface area contributed by atoms with E-state index in [1.54, 1.807) is 31.2 Å². The molecule has 1 heterocycles. The number of nitrogens with zero attached hydrogens (tertiary/aromatic N) is 2. The Morgan fingerprint density at radius 2 is 1.74 bits per heavy atom. The van der Waals surface area contributed by atoms with E-state index in [1.165, 1.54) is 18.3 Å². The first-order valence-corrected chi connectivity index (χ1v) is 11.9. The molecule has 3 aromatic rings. The second-order valence-corrected chi connectivity index (χ2v) is 9.09. The molecule has 0 spiro atoms. The fourth-order valence-electron chi connectivity index (χ4n) is 3.06. The zero-order valence-corrected chi connectivity index (χ0v) is 19.6. The van der Waals surface area contributed by atoms with Crippen LogP contribution in [0.3, 0.4) is 0 Å². The number of rotatable bonds is 9. The third kappa shape index (κ3) is 6.08. The molecule has 3 rings (SSSR count). The van der Waals surface area contributed by atoms with Crippen LogP contribution in [0.4, 0.5) is 0 Å². The fraction of sp³-hybridized carbons (Fsp3) is 0.217. The first-order valence-electron chi connectivity index (χ1n) is 10.4. The second kappa shape index (κ2) is 11.1. The summed E-state index contributed by atoms with van der Waals surface area (Å²) in [5, 5.41) is 28.4. The lowest BCUT2D eigenvalue weighted by Crippen LogP contribution is -2.26. The van der Waals surface area contributed by atoms with Crippen LogP contribution < -0.4 is 10.0 Å². The van der Waals surface area contributed by atoms with Gasteiger partial charge in [0.1, 0.15) is 5.69 Å². The van der Waals surface area contributed by atoms with Gasteiger partial charge in [0.2, 0.25) is 21.8 Å². The van der Waals surface area contributed by atoms with Crippen molar-refractivity contribution in [1.82, 2.24) is 20.0 Å². The molecule has 0 fully saturated rings. The molecule has 0 amide bonds. The SMILES string of the molecule is CNCc1ccc(C(=N)OC(=N)c2nc(-c3ccc(S(=O)(=O)NCCO)cc3)cnc2C)cc1. The Kier molecular flexibility index (Phi) is 8.18. The highest BCUT2D eigenvalue weighted by Crippen LogP contribution is 2.21. The van der Waals surface area contributed by atoms with Crippen LogP contribution >= 0.6 is 0 Å². The summed E-state index contributed by atoms with van der Waals surface area (Å²) in [5.41, 5.74) is 3.24. The number of hydrogen-bond acceptors (Lipinski definition) is 9. The van der Waals surface area contributed by atoms with Crippen molar-refractivity contribution in [3.05, 3.63) is 77.2 Å². The van der Waals surface area contributed by atoms with E-state index in [2.05, 4.69) is 20.0 Å². The van der Waals surface area contributed by atoms with E-state index >= 15 is 0 Å². The van der Waals surface area contributed by atoms with Crippen molar-refractivity contribution in [3.63, 3.8) is 0 Å². The summed E-state index contributed by atoms with van der Waals surface area (Å²) in [7, 11) is -1.87. The quantitative estimate of drug-likeness (QED) is 0.229. The Bertz CT molecular complexity index is 1280. The molecule has 0 saturated carbocycles. The molecule has 1 aromatic heterocycles. The van der Waals surface area contributed by atoms with Gasteiger partial charge in [-0.2, -0.15) is 0 Å². The molecule has 5 N–H and O–H groups in total. The number of aryl methyl sites for hydroxylation is 1. The number of sulfonamides is 1. The molecule has 0 aliphatic heterocycles. The average Bonchev–Trinajstić information content (AvgIpc) is 2.83. The normalized spacial score (nSPS) is 11.3. The molecule has 34 heavy (non-hydrogen) atoms. The summed E-state index contributed by atoms with van der Waals surface area (Å²) in [5.74, 6) is -0.499. The predicted molar refractivity (Wildman–Crippen MR) is 128 cm³/mol. The maximum Gasteiger partial charge on any atom is 0.241 e. The van der Waals surface area contributed by atoms with Gasteiger partial charge in [0, 0.05) is 24.2 Å². The third-order valence-electron chi connectivity index (χ3n) is 4.84. The second-order valence-electron chi connectivity index (χ2n) is 7.32. The maximum absolute atomic E-state index is 12.2. The highest BCUT2D eigenvalue weighted by atomic mass is 32.2. The summed E-state index contributed by atoms with van der Waals surface area (Å²) in [6.07, 6.45) is 1.52. The zero-order chi connectivity index (χ0) is 24.7. The van der Waals surface area contributed by atoms with E-state index in [0.29, 0.717) is 29.1 Å². The molecule has 0 aliphatic carbocycles. The topological polar surface area (TPSA) is 161 Å². The lowest BCUT2D eigenvalue weighted by molar-refractivity contribution is 0.301. The van der Waals surface area contributed by atoms with Crippen LogP contribution in [0.1, 0.15) is 22.5 Å². The molecular formula is C23H26N6O4S. The van der Waals surface area contributed by atoms with Crippen molar-refractivity contribution in [2.75, 3.05) is 20.2 Å². The monoisotopic (exact) mass is 482 g/mol. The van der Waals surface area contributed by atoms with E-state index in [9.17, 15) is 8.42 Å². The summed E-state index contributed by atoms with van der Waals surface area (Å²) in [4.78, 5) is 8.79. The molecule has 178 valence electrons. The van der Waals surface area contributed by atoms with Gasteiger partial charge in [-0.3, -0.25) is 15.8 Å². The number of ether oxygens (including phenoxy) is 1. The predicted octanol–water partition coefficient (Wildman–Crippen LogP) is 1.81. The Morgan fingerprint density at radius 3 is 2.35 bits per heavy atom. The first kappa shape index (κ1) is 25.1. The standard InChI is InChI=1S/C23H26N6O4S/c1-15-21(23(25)33-22(24)18-5-3-16(4-6-18)13-26-2)29-20(14-27-15)17-7-9-19(10-8-17)34(31,32)28-11-12-30/h3-10,14,24-26,28,30H,11-13H2,1-2H3. The summed E-state index contributed by atoms with van der Waals surface area (Å²) < 4.78 is 32.1. The van der Waals surface area contributed by atoms with Crippen molar-refractivity contribution in [2.45, 2.75) is 18.4 Å². The Labute approximate surface area is 198 Å². The number of aliphatic hydroxyl groups is 1. The lowest BCUT2D eigenvalue weighted by atomic mass is 10.1. The molecular weight excluding hydrogens is 456 g/mol. The van der Waals surface area contributed by atoms with E-state index in [-0.39, 0.29) is 35.5 Å². The van der Waals surface area contributed by atoms with Crippen molar-refractivity contribution >= 4 is 21.8 Å². The lowest BCUT2D eigenvalue weighted by Gasteiger charge is -2.11. The maximum atomic E-state index is 12.2. The van der Waals surface area contributed by atoms with Gasteiger partial charge in [-0.1, -0.05) is 24.3 Å². The molecule has 0 radical (unpaired) electrons. The Balaban J connectivity index is 1.77. The van der Waals surface area contributed by atoms with Crippen molar-refractivity contribution < 1.29 is 18.3 Å². The molecule has 0 saturated heterocycles. The largest absolute Gasteiger partial charge is 0.419 e. The number of hydrogen-bond donors (Lipinski definition) is 5. The van der Waals surface area contributed by atoms with Gasteiger partial charge in [0.25, 0.3) is 0 Å². The minimum atomic E-state index is -3.72. The molecule has 10 nitrogen and oxygen atoms in total. The van der Waals surface area contributed by atoms with Crippen LogP contribution in [0.5, 0.6) is 0 Å². The van der Waals surface area contributed by atoms with Crippen LogP contribution in [-0.2, 0) is 21.3 Å². The molecule has 0 atom stereocenters. The zero-order valence-electron chi connectivity index (χ0n) is 18.8. The molecule has 0 unspecified atom stereocenters. The van der Waals surface area contributed by atoms with Crippen LogP contribution in [-0.4, -0.2) is 55.5 Å². The van der Waals surface area contributed by atoms with Crippen LogP contribution in [0.2, 0.25) is 0 Å². The van der Waals surface area contributed by atoms with Gasteiger partial charge >= 0.3 is 0 Å².